The van der Waals surface area contributed by atoms with E-state index < -0.39 is 21.2 Å². The molecule has 0 radical (unpaired) electrons. The Hall–Kier alpha value is -14.3. The van der Waals surface area contributed by atoms with Crippen LogP contribution in [0, 0.1) is 0 Å². The second-order valence-electron chi connectivity index (χ2n) is 24.6. The average molecular weight is 1800 g/mol. The monoisotopic (exact) mass is 1790 g/mol. The number of benzene rings is 12. The third-order valence-corrected chi connectivity index (χ3v) is 16.8. The van der Waals surface area contributed by atoms with E-state index in [4.69, 9.17) is 69.8 Å². The van der Waals surface area contributed by atoms with Crippen LogP contribution >= 0.6 is 21.4 Å². The van der Waals surface area contributed by atoms with Gasteiger partial charge in [0, 0.05) is 105 Å². The second-order valence-corrected chi connectivity index (χ2v) is 27.1. The largest absolute Gasteiger partial charge is 1.00 e. The summed E-state index contributed by atoms with van der Waals surface area (Å²) in [6.45, 7) is 0. The van der Waals surface area contributed by atoms with Crippen LogP contribution in [0.4, 0.5) is 17.1 Å². The molecule has 0 unspecified atom stereocenters. The van der Waals surface area contributed by atoms with Crippen molar-refractivity contribution in [3.05, 3.63) is 354 Å². The van der Waals surface area contributed by atoms with E-state index in [-0.39, 0.29) is 58.8 Å². The zero-order chi connectivity index (χ0) is 92.0. The van der Waals surface area contributed by atoms with Crippen molar-refractivity contribution in [1.29, 1.82) is 0 Å². The number of ether oxygens (including phenoxy) is 7. The van der Waals surface area contributed by atoms with E-state index in [0.717, 1.165) is 129 Å². The Labute approximate surface area is 765 Å². The maximum absolute atomic E-state index is 11.9. The first-order valence-corrected chi connectivity index (χ1v) is 40.0. The number of rotatable bonds is 18. The normalized spacial score (nSPS) is 9.47. The average Bonchev–Trinajstić information content (AvgIpc) is 0.779. The number of anilines is 2. The number of carbonyl (C=O) groups is 7. The summed E-state index contributed by atoms with van der Waals surface area (Å²) in [6.07, 6.45) is 3.98. The van der Waals surface area contributed by atoms with Crippen molar-refractivity contribution in [2.45, 2.75) is 6.42 Å². The smallest absolute Gasteiger partial charge is 0.870 e. The number of carboxylic acids is 2. The van der Waals surface area contributed by atoms with E-state index in [1.807, 2.05) is 164 Å². The van der Waals surface area contributed by atoms with Crippen molar-refractivity contribution in [1.82, 2.24) is 9.97 Å². The van der Waals surface area contributed by atoms with Gasteiger partial charge in [-0.25, -0.2) is 38.1 Å². The molecular formula is C97H98Cl2LiN5O22S. The van der Waals surface area contributed by atoms with Crippen LogP contribution in [0.3, 0.4) is 0 Å². The number of nitrogens with zero attached hydrogens (tertiary/aromatic N) is 3. The Kier molecular flexibility index (Phi) is 54.8. The fourth-order valence-corrected chi connectivity index (χ4v) is 10.8. The van der Waals surface area contributed by atoms with Crippen LogP contribution in [-0.2, 0) is 34.7 Å². The van der Waals surface area contributed by atoms with Crippen LogP contribution in [0.15, 0.2) is 314 Å². The van der Waals surface area contributed by atoms with Crippen molar-refractivity contribution in [3.8, 4) is 67.8 Å². The SMILES string of the molecule is CO.CO.CO.COC(=O)c1ccc2cc(-c3ccccc3)c(-c3ccc(OC)cc3)nc2c1.COC(=O)c1cccc(N)c1.COC(=O)c1cccc(N=Cc2ccc(OC)cc2)c1.COc1ccc(-c2nc3cc(C(=O)O)ccc3cc2-c2ccccc2)cc1.COc1ccc(C=O)cc1.Nc1cccc(C(=O)O)c1.O.O=CCc1ccccc1.O=S(Cl)Cl.[Li+].[OH-]. The van der Waals surface area contributed by atoms with Crippen LogP contribution in [0.25, 0.3) is 66.6 Å². The van der Waals surface area contributed by atoms with Gasteiger partial charge in [0.2, 0.25) is 9.23 Å². The van der Waals surface area contributed by atoms with Gasteiger partial charge in [0.1, 0.15) is 35.6 Å². The number of aldehydes is 2. The number of aromatic nitrogens is 2. The van der Waals surface area contributed by atoms with E-state index in [1.54, 1.807) is 144 Å². The number of nitrogens with two attached hydrogens (primary N) is 2. The second kappa shape index (κ2) is 62.8. The number of aromatic carboxylic acids is 2. The molecule has 2 aromatic heterocycles. The first-order chi connectivity index (χ1) is 60.5. The third kappa shape index (κ3) is 38.1. The number of halogens is 2. The predicted octanol–water partition coefficient (Wildman–Crippen LogP) is 14.7. The fourth-order valence-electron chi connectivity index (χ4n) is 10.8. The Bertz CT molecular complexity index is 5740. The van der Waals surface area contributed by atoms with Crippen molar-refractivity contribution in [3.63, 3.8) is 0 Å². The molecule has 0 aliphatic rings. The number of aliphatic hydroxyl groups is 3. The number of esters is 3. The molecule has 0 aliphatic heterocycles. The molecule has 12 aromatic carbocycles. The van der Waals surface area contributed by atoms with Crippen LogP contribution in [0.5, 0.6) is 23.0 Å². The Morgan fingerprint density at radius 2 is 0.711 bits per heavy atom. The minimum Gasteiger partial charge on any atom is -0.870 e. The van der Waals surface area contributed by atoms with Gasteiger partial charge in [0.15, 0.2) is 0 Å². The maximum Gasteiger partial charge on any atom is 1.00 e. The summed E-state index contributed by atoms with van der Waals surface area (Å²) >= 11 is 0. The summed E-state index contributed by atoms with van der Waals surface area (Å²) in [7, 11) is 20.9. The van der Waals surface area contributed by atoms with Crippen LogP contribution < -0.4 is 49.3 Å². The molecule has 0 saturated heterocycles. The molecule has 0 atom stereocenters. The van der Waals surface area contributed by atoms with Crippen molar-refractivity contribution >= 4 is 118 Å². The zero-order valence-electron chi connectivity index (χ0n) is 71.9. The summed E-state index contributed by atoms with van der Waals surface area (Å²) in [5.74, 6) is 0.114. The fraction of sp³-hybridized carbons (Fsp3) is 0.113. The molecule has 664 valence electrons. The van der Waals surface area contributed by atoms with Gasteiger partial charge in [0.25, 0.3) is 0 Å². The van der Waals surface area contributed by atoms with Gasteiger partial charge in [-0.1, -0.05) is 121 Å². The van der Waals surface area contributed by atoms with E-state index in [0.29, 0.717) is 51.3 Å². The summed E-state index contributed by atoms with van der Waals surface area (Å²) < 4.78 is 43.6. The maximum atomic E-state index is 11.9. The number of carboxylic acid groups (broad SMARTS) is 2. The number of nitrogen functional groups attached to an aromatic ring is 2. The topological polar surface area (TPSA) is 454 Å². The van der Waals surface area contributed by atoms with Crippen LogP contribution in [-0.4, -0.2) is 170 Å². The Morgan fingerprint density at radius 1 is 0.391 bits per heavy atom. The molecule has 0 amide bonds. The quantitative estimate of drug-likeness (QED) is 0.00798. The van der Waals surface area contributed by atoms with E-state index >= 15 is 0 Å². The van der Waals surface area contributed by atoms with Gasteiger partial charge in [-0.15, -0.1) is 0 Å². The zero-order valence-corrected chi connectivity index (χ0v) is 74.2. The molecule has 27 nitrogen and oxygen atoms in total. The van der Waals surface area contributed by atoms with Crippen LogP contribution in [0.2, 0.25) is 0 Å². The molecule has 0 saturated carbocycles. The van der Waals surface area contributed by atoms with Crippen molar-refractivity contribution in [2.24, 2.45) is 4.99 Å². The molecule has 2 heterocycles. The van der Waals surface area contributed by atoms with Gasteiger partial charge < -0.3 is 85.9 Å². The van der Waals surface area contributed by atoms with Crippen LogP contribution in [0.1, 0.15) is 73.3 Å². The van der Waals surface area contributed by atoms with Crippen molar-refractivity contribution < 1.29 is 126 Å². The Balaban J connectivity index is 0.000000761. The van der Waals surface area contributed by atoms with Gasteiger partial charge in [-0.05, 0) is 210 Å². The van der Waals surface area contributed by atoms with Gasteiger partial charge in [-0.3, -0.25) is 9.79 Å². The number of pyridine rings is 2. The molecule has 0 spiro atoms. The summed E-state index contributed by atoms with van der Waals surface area (Å²) in [5, 5.41) is 40.6. The molecule has 31 heteroatoms. The molecule has 128 heavy (non-hydrogen) atoms. The molecule has 12 N–H and O–H groups in total. The molecule has 0 aliphatic carbocycles. The third-order valence-electron chi connectivity index (χ3n) is 16.8. The first-order valence-electron chi connectivity index (χ1n) is 37.2. The van der Waals surface area contributed by atoms with Crippen molar-refractivity contribution in [2.75, 3.05) is 82.6 Å². The summed E-state index contributed by atoms with van der Waals surface area (Å²) in [5.41, 5.74) is 26.2. The number of hydrogen-bond acceptors (Lipinski definition) is 24. The molecule has 14 aromatic rings. The van der Waals surface area contributed by atoms with E-state index in [9.17, 15) is 38.7 Å². The Morgan fingerprint density at radius 3 is 1.06 bits per heavy atom. The minimum atomic E-state index is -1.67. The molecule has 0 bridgehead atoms. The number of aliphatic imine (C=N–C) groups is 1. The number of methoxy groups -OCH3 is 7. The first kappa shape index (κ1) is 112. The minimum absolute atomic E-state index is 0. The standard InChI is InChI=1S/C24H19NO3.C23H17NO3.C16H15NO3.C8H9NO2.C8H8O2.C8H8O.C7H7NO2.3CH4O.Cl2OS.Li.2H2O/c1-27-20-12-10-17(11-13-20)23-21(16-6-4-3-5-7-16)14-18-8-9-19(24(26)28-2)15-22(18)25-23;1-27-19-11-9-16(10-12-19)22-20(15-5-3-2-4-6-15)13-17-7-8-18(23(25)26)14-21(17)24-22;1-19-15-8-6-12(7-9-15)11-17-14-5-3-4-13(10-14)16(18)20-2;1-11-8(10)6-3-2-4-7(9)5-6;1-10-8-4-2-7(6-9)3-5-8;9-7-6-8-4-2-1-3-5-8;8-6-3-1-2-5(4-6)7(9)10;3*1-2;1-4(2)3;;;/h3-15H,1-2H3;2-14H,1H3,(H,25,26);3-11H,1-2H3;2-5H,9H2,1H3;2-6H,1H3;1-5,7H,6H2;1-4H,8H2,(H,9,10);3*2H,1H3;;;2*1H2/q;;;;;;;;;;;+1;;/p-1. The molecule has 14 rings (SSSR count). The number of carbonyl (C=O) groups excluding carboxylic acids is 5. The van der Waals surface area contributed by atoms with Gasteiger partial charge in [0.05, 0.1) is 106 Å². The van der Waals surface area contributed by atoms with Gasteiger partial charge in [-0.2, -0.15) is 0 Å². The number of hydrogen-bond donors (Lipinski definition) is 7. The number of fused-ring (bicyclic) bond motifs is 2. The summed E-state index contributed by atoms with van der Waals surface area (Å²) in [4.78, 5) is 90.0. The molecular weight excluding hydrogens is 1700 g/mol. The van der Waals surface area contributed by atoms with Gasteiger partial charge >= 0.3 is 48.7 Å². The van der Waals surface area contributed by atoms with E-state index in [1.165, 1.54) is 33.5 Å². The summed E-state index contributed by atoms with van der Waals surface area (Å²) in [6, 6.07) is 94.3. The molecule has 0 fully saturated rings. The predicted molar refractivity (Wildman–Crippen MR) is 499 cm³/mol. The van der Waals surface area contributed by atoms with E-state index in [2.05, 4.69) is 60.1 Å². The number of aliphatic hydroxyl groups excluding tert-OH is 3.